The van der Waals surface area contributed by atoms with Gasteiger partial charge in [0.05, 0.1) is 19.2 Å². The van der Waals surface area contributed by atoms with E-state index in [4.69, 9.17) is 4.74 Å². The number of ether oxygens (including phenoxy) is 2. The number of hydrogen-bond donors (Lipinski definition) is 1. The van der Waals surface area contributed by atoms with E-state index in [0.29, 0.717) is 11.3 Å². The van der Waals surface area contributed by atoms with E-state index in [-0.39, 0.29) is 24.9 Å². The molecule has 0 fully saturated rings. The molecule has 0 bridgehead atoms. The van der Waals surface area contributed by atoms with E-state index >= 15 is 0 Å². The van der Waals surface area contributed by atoms with Crippen LogP contribution in [0.25, 0.3) is 0 Å². The Morgan fingerprint density at radius 1 is 1.12 bits per heavy atom. The van der Waals surface area contributed by atoms with Crippen LogP contribution in [-0.4, -0.2) is 44.2 Å². The summed E-state index contributed by atoms with van der Waals surface area (Å²) in [6.07, 6.45) is 0. The number of methoxy groups -OCH3 is 1. The first-order chi connectivity index (χ1) is 12.0. The van der Waals surface area contributed by atoms with Gasteiger partial charge in [0.2, 0.25) is 0 Å². The number of rotatable bonds is 6. The van der Waals surface area contributed by atoms with E-state index in [9.17, 15) is 14.0 Å². The number of carbonyl (C=O) groups excluding carboxylic acids is 2. The summed E-state index contributed by atoms with van der Waals surface area (Å²) < 4.78 is 23.3. The molecule has 0 saturated carbocycles. The van der Waals surface area contributed by atoms with Crippen molar-refractivity contribution < 1.29 is 23.5 Å². The second-order valence-corrected chi connectivity index (χ2v) is 5.20. The number of nitrogens with one attached hydrogen (secondary N) is 1. The highest BCUT2D eigenvalue weighted by atomic mass is 19.1. The normalized spacial score (nSPS) is 10.0. The number of carbonyl (C=O) groups is 2. The lowest BCUT2D eigenvalue weighted by Gasteiger charge is -2.18. The molecule has 2 rings (SSSR count). The highest BCUT2D eigenvalue weighted by Gasteiger charge is 2.10. The second kappa shape index (κ2) is 8.68. The number of benzene rings is 2. The van der Waals surface area contributed by atoms with Gasteiger partial charge in [-0.25, -0.2) is 14.0 Å². The van der Waals surface area contributed by atoms with E-state index in [1.807, 2.05) is 0 Å². The molecule has 0 saturated heterocycles. The number of anilines is 1. The van der Waals surface area contributed by atoms with Gasteiger partial charge in [0.15, 0.2) is 11.6 Å². The number of amides is 2. The van der Waals surface area contributed by atoms with Crippen LogP contribution in [0.1, 0.15) is 10.4 Å². The van der Waals surface area contributed by atoms with E-state index in [2.05, 4.69) is 10.1 Å². The van der Waals surface area contributed by atoms with Crippen LogP contribution in [0.3, 0.4) is 0 Å². The van der Waals surface area contributed by atoms with Crippen molar-refractivity contribution in [1.82, 2.24) is 4.90 Å². The summed E-state index contributed by atoms with van der Waals surface area (Å²) in [6, 6.07) is 12.1. The third-order valence-corrected chi connectivity index (χ3v) is 3.42. The van der Waals surface area contributed by atoms with Crippen molar-refractivity contribution in [1.29, 1.82) is 0 Å². The first-order valence-corrected chi connectivity index (χ1v) is 7.59. The Morgan fingerprint density at radius 2 is 1.80 bits per heavy atom. The van der Waals surface area contributed by atoms with Gasteiger partial charge in [-0.2, -0.15) is 0 Å². The van der Waals surface area contributed by atoms with Crippen molar-refractivity contribution in [2.24, 2.45) is 0 Å². The maximum absolute atomic E-state index is 13.4. The minimum absolute atomic E-state index is 0.148. The summed E-state index contributed by atoms with van der Waals surface area (Å²) in [5.74, 6) is -0.740. The van der Waals surface area contributed by atoms with Crippen molar-refractivity contribution in [3.05, 3.63) is 59.9 Å². The third-order valence-electron chi connectivity index (χ3n) is 3.42. The van der Waals surface area contributed by atoms with Crippen molar-refractivity contribution in [3.63, 3.8) is 0 Å². The van der Waals surface area contributed by atoms with Gasteiger partial charge in [-0.3, -0.25) is 0 Å². The third kappa shape index (κ3) is 5.20. The fraction of sp³-hybridized carbons (Fsp3) is 0.222. The van der Waals surface area contributed by atoms with Crippen LogP contribution in [0.5, 0.6) is 5.75 Å². The van der Waals surface area contributed by atoms with E-state index < -0.39 is 11.8 Å². The van der Waals surface area contributed by atoms with Crippen molar-refractivity contribution in [2.45, 2.75) is 0 Å². The van der Waals surface area contributed by atoms with Crippen molar-refractivity contribution in [3.8, 4) is 5.75 Å². The zero-order chi connectivity index (χ0) is 18.2. The number of nitrogens with zero attached hydrogens (tertiary/aromatic N) is 1. The number of likely N-dealkylation sites (N-methyl/N-ethyl adjacent to an activating group) is 1. The fourth-order valence-electron chi connectivity index (χ4n) is 1.98. The summed E-state index contributed by atoms with van der Waals surface area (Å²) in [5.41, 5.74) is 0.937. The maximum atomic E-state index is 13.4. The Bertz CT molecular complexity index is 734. The summed E-state index contributed by atoms with van der Waals surface area (Å²) in [5, 5.41) is 2.69. The lowest BCUT2D eigenvalue weighted by Crippen LogP contribution is -2.34. The Hall–Kier alpha value is -3.09. The molecule has 25 heavy (non-hydrogen) atoms. The summed E-state index contributed by atoms with van der Waals surface area (Å²) in [4.78, 5) is 24.9. The van der Waals surface area contributed by atoms with Gasteiger partial charge in [-0.1, -0.05) is 12.1 Å². The van der Waals surface area contributed by atoms with Gasteiger partial charge in [0.1, 0.15) is 6.61 Å². The quantitative estimate of drug-likeness (QED) is 0.816. The molecule has 132 valence electrons. The molecule has 0 aliphatic carbocycles. The van der Waals surface area contributed by atoms with Crippen LogP contribution in [0, 0.1) is 5.82 Å². The summed E-state index contributed by atoms with van der Waals surface area (Å²) in [7, 11) is 2.90. The zero-order valence-corrected chi connectivity index (χ0v) is 14.0. The lowest BCUT2D eigenvalue weighted by atomic mass is 10.2. The molecule has 0 aliphatic heterocycles. The molecule has 0 unspecified atom stereocenters. The Balaban J connectivity index is 1.82. The van der Waals surface area contributed by atoms with Crippen LogP contribution >= 0.6 is 0 Å². The molecule has 0 aromatic heterocycles. The molecule has 7 heteroatoms. The van der Waals surface area contributed by atoms with Crippen molar-refractivity contribution >= 4 is 17.7 Å². The minimum Gasteiger partial charge on any atom is -0.489 e. The highest BCUT2D eigenvalue weighted by molar-refractivity contribution is 5.92. The second-order valence-electron chi connectivity index (χ2n) is 5.20. The van der Waals surface area contributed by atoms with Gasteiger partial charge < -0.3 is 19.7 Å². The summed E-state index contributed by atoms with van der Waals surface area (Å²) >= 11 is 0. The maximum Gasteiger partial charge on any atom is 0.337 e. The molecule has 2 amide bonds. The fourth-order valence-corrected chi connectivity index (χ4v) is 1.98. The van der Waals surface area contributed by atoms with Crippen LogP contribution in [0.4, 0.5) is 14.9 Å². The van der Waals surface area contributed by atoms with Crippen molar-refractivity contribution in [2.75, 3.05) is 32.6 Å². The number of hydrogen-bond acceptors (Lipinski definition) is 4. The van der Waals surface area contributed by atoms with Crippen LogP contribution in [0.2, 0.25) is 0 Å². The molecular formula is C18H19FN2O4. The van der Waals surface area contributed by atoms with Gasteiger partial charge in [-0.05, 0) is 36.4 Å². The highest BCUT2D eigenvalue weighted by Crippen LogP contribution is 2.15. The molecule has 2 aromatic rings. The van der Waals surface area contributed by atoms with Gasteiger partial charge in [0.25, 0.3) is 0 Å². The number of urea groups is 1. The van der Waals surface area contributed by atoms with Gasteiger partial charge in [-0.15, -0.1) is 0 Å². The molecular weight excluding hydrogens is 327 g/mol. The zero-order valence-electron chi connectivity index (χ0n) is 14.0. The number of para-hydroxylation sites is 1. The smallest absolute Gasteiger partial charge is 0.337 e. The number of halogens is 1. The standard InChI is InChI=1S/C18H19FN2O4/c1-21(11-12-25-16-6-4-3-5-15(16)19)18(23)20-14-9-7-13(8-10-14)17(22)24-2/h3-10H,11-12H2,1-2H3,(H,20,23). The molecule has 0 aliphatic rings. The lowest BCUT2D eigenvalue weighted by molar-refractivity contribution is 0.0600. The van der Waals surface area contributed by atoms with Gasteiger partial charge >= 0.3 is 12.0 Å². The Morgan fingerprint density at radius 3 is 2.44 bits per heavy atom. The van der Waals surface area contributed by atoms with Crippen LogP contribution < -0.4 is 10.1 Å². The topological polar surface area (TPSA) is 67.9 Å². The monoisotopic (exact) mass is 346 g/mol. The first kappa shape index (κ1) is 18.3. The molecule has 2 aromatic carbocycles. The average molecular weight is 346 g/mol. The van der Waals surface area contributed by atoms with Gasteiger partial charge in [0, 0.05) is 12.7 Å². The van der Waals surface area contributed by atoms with E-state index in [1.165, 1.54) is 24.1 Å². The number of esters is 1. The average Bonchev–Trinajstić information content (AvgIpc) is 2.63. The Kier molecular flexibility index (Phi) is 6.33. The molecule has 0 atom stereocenters. The molecule has 0 spiro atoms. The largest absolute Gasteiger partial charge is 0.489 e. The SMILES string of the molecule is COC(=O)c1ccc(NC(=O)N(C)CCOc2ccccc2F)cc1. The van der Waals surface area contributed by atoms with Crippen LogP contribution in [0.15, 0.2) is 48.5 Å². The van der Waals surface area contributed by atoms with E-state index in [1.54, 1.807) is 43.4 Å². The van der Waals surface area contributed by atoms with Crippen LogP contribution in [-0.2, 0) is 4.74 Å². The first-order valence-electron chi connectivity index (χ1n) is 7.59. The molecule has 1 N–H and O–H groups in total. The molecule has 6 nitrogen and oxygen atoms in total. The Labute approximate surface area is 145 Å². The molecule has 0 heterocycles. The predicted octanol–water partition coefficient (Wildman–Crippen LogP) is 3.16. The minimum atomic E-state index is -0.444. The van der Waals surface area contributed by atoms with E-state index in [0.717, 1.165) is 0 Å². The molecule has 0 radical (unpaired) electrons. The predicted molar refractivity (Wildman–Crippen MR) is 91.3 cm³/mol. The summed E-state index contributed by atoms with van der Waals surface area (Å²) in [6.45, 7) is 0.437.